The quantitative estimate of drug-likeness (QED) is 0.564. The number of carbonyl (C=O) groups is 3. The Labute approximate surface area is 109 Å². The molecule has 0 N–H and O–H groups in total. The molecular formula is C14H12O5. The molecule has 1 saturated heterocycles. The maximum atomic E-state index is 12.0. The van der Waals surface area contributed by atoms with E-state index in [1.54, 1.807) is 24.3 Å². The standard InChI is InChI=1S/C14H12O5/c1-7(15)18-11-6-10-13(17)12(16)8-4-2-3-5-9(8)14(10)19-11/h2-5,10-11,14H,6H2,1H3. The third-order valence-electron chi connectivity index (χ3n) is 3.48. The van der Waals surface area contributed by atoms with Gasteiger partial charge in [0.25, 0.3) is 0 Å². The highest BCUT2D eigenvalue weighted by Gasteiger charge is 2.48. The van der Waals surface area contributed by atoms with E-state index in [1.807, 2.05) is 0 Å². The highest BCUT2D eigenvalue weighted by atomic mass is 16.7. The van der Waals surface area contributed by atoms with Crippen molar-refractivity contribution in [2.75, 3.05) is 0 Å². The van der Waals surface area contributed by atoms with Crippen LogP contribution in [-0.2, 0) is 19.1 Å². The number of ether oxygens (including phenoxy) is 2. The van der Waals surface area contributed by atoms with E-state index in [2.05, 4.69) is 0 Å². The summed E-state index contributed by atoms with van der Waals surface area (Å²) >= 11 is 0. The SMILES string of the molecule is CC(=O)OC1CC2C(=O)C(=O)c3ccccc3C2O1. The summed E-state index contributed by atoms with van der Waals surface area (Å²) in [5, 5.41) is 0. The van der Waals surface area contributed by atoms with Gasteiger partial charge in [0.1, 0.15) is 0 Å². The number of carbonyl (C=O) groups excluding carboxylic acids is 3. The zero-order valence-corrected chi connectivity index (χ0v) is 10.3. The predicted octanol–water partition coefficient (Wildman–Crippen LogP) is 1.42. The lowest BCUT2D eigenvalue weighted by Gasteiger charge is -2.24. The van der Waals surface area contributed by atoms with Gasteiger partial charge in [0.15, 0.2) is 0 Å². The minimum atomic E-state index is -0.754. The molecule has 0 aromatic heterocycles. The van der Waals surface area contributed by atoms with Crippen molar-refractivity contribution < 1.29 is 23.9 Å². The zero-order valence-electron chi connectivity index (χ0n) is 10.3. The van der Waals surface area contributed by atoms with Gasteiger partial charge in [-0.15, -0.1) is 0 Å². The molecule has 1 aliphatic carbocycles. The first-order chi connectivity index (χ1) is 9.08. The molecule has 1 aromatic carbocycles. The fraction of sp³-hybridized carbons (Fsp3) is 0.357. The molecule has 5 heteroatoms. The van der Waals surface area contributed by atoms with Crippen molar-refractivity contribution in [2.45, 2.75) is 25.7 Å². The van der Waals surface area contributed by atoms with Crippen molar-refractivity contribution in [1.82, 2.24) is 0 Å². The molecule has 3 rings (SSSR count). The van der Waals surface area contributed by atoms with Crippen molar-refractivity contribution >= 4 is 17.5 Å². The molecule has 0 spiro atoms. The highest BCUT2D eigenvalue weighted by Crippen LogP contribution is 2.44. The van der Waals surface area contributed by atoms with Crippen LogP contribution in [-0.4, -0.2) is 23.8 Å². The molecule has 0 amide bonds. The van der Waals surface area contributed by atoms with Gasteiger partial charge in [-0.1, -0.05) is 24.3 Å². The van der Waals surface area contributed by atoms with E-state index in [0.717, 1.165) is 0 Å². The highest BCUT2D eigenvalue weighted by molar-refractivity contribution is 6.45. The van der Waals surface area contributed by atoms with Crippen molar-refractivity contribution in [3.63, 3.8) is 0 Å². The Bertz CT molecular complexity index is 577. The van der Waals surface area contributed by atoms with Gasteiger partial charge >= 0.3 is 5.97 Å². The molecule has 1 aliphatic heterocycles. The van der Waals surface area contributed by atoms with Crippen LogP contribution >= 0.6 is 0 Å². The molecule has 0 radical (unpaired) electrons. The first kappa shape index (κ1) is 12.0. The molecule has 1 aromatic rings. The molecule has 0 bridgehead atoms. The summed E-state index contributed by atoms with van der Waals surface area (Å²) in [6, 6.07) is 6.89. The number of fused-ring (bicyclic) bond motifs is 3. The van der Waals surface area contributed by atoms with Crippen LogP contribution in [0.3, 0.4) is 0 Å². The molecule has 2 aliphatic rings. The van der Waals surface area contributed by atoms with E-state index < -0.39 is 35.8 Å². The van der Waals surface area contributed by atoms with E-state index in [-0.39, 0.29) is 6.42 Å². The van der Waals surface area contributed by atoms with Crippen LogP contribution in [0.5, 0.6) is 0 Å². The summed E-state index contributed by atoms with van der Waals surface area (Å²) in [7, 11) is 0. The monoisotopic (exact) mass is 260 g/mol. The van der Waals surface area contributed by atoms with Crippen LogP contribution in [0, 0.1) is 5.92 Å². The number of benzene rings is 1. The molecular weight excluding hydrogens is 248 g/mol. The molecule has 19 heavy (non-hydrogen) atoms. The van der Waals surface area contributed by atoms with Gasteiger partial charge in [-0.3, -0.25) is 14.4 Å². The van der Waals surface area contributed by atoms with Gasteiger partial charge in [0.2, 0.25) is 17.9 Å². The van der Waals surface area contributed by atoms with Crippen molar-refractivity contribution in [3.8, 4) is 0 Å². The summed E-state index contributed by atoms with van der Waals surface area (Å²) in [6.45, 7) is 1.28. The molecule has 0 saturated carbocycles. The molecule has 3 unspecified atom stereocenters. The minimum absolute atomic E-state index is 0.239. The average molecular weight is 260 g/mol. The second-order valence-electron chi connectivity index (χ2n) is 4.72. The van der Waals surface area contributed by atoms with Gasteiger partial charge in [0.05, 0.1) is 12.0 Å². The van der Waals surface area contributed by atoms with Crippen LogP contribution in [0.15, 0.2) is 24.3 Å². The lowest BCUT2D eigenvalue weighted by Crippen LogP contribution is -2.32. The van der Waals surface area contributed by atoms with Crippen molar-refractivity contribution in [2.24, 2.45) is 5.92 Å². The first-order valence-electron chi connectivity index (χ1n) is 6.08. The second kappa shape index (κ2) is 4.28. The largest absolute Gasteiger partial charge is 0.436 e. The number of hydrogen-bond donors (Lipinski definition) is 0. The summed E-state index contributed by atoms with van der Waals surface area (Å²) in [5.41, 5.74) is 1.09. The predicted molar refractivity (Wildman–Crippen MR) is 63.3 cm³/mol. The normalized spacial score (nSPS) is 28.8. The summed E-state index contributed by atoms with van der Waals surface area (Å²) in [6.07, 6.45) is -1.01. The van der Waals surface area contributed by atoms with Crippen molar-refractivity contribution in [1.29, 1.82) is 0 Å². The number of hydrogen-bond acceptors (Lipinski definition) is 5. The Morgan fingerprint density at radius 1 is 1.32 bits per heavy atom. The van der Waals surface area contributed by atoms with E-state index in [0.29, 0.717) is 11.1 Å². The van der Waals surface area contributed by atoms with Crippen LogP contribution in [0.2, 0.25) is 0 Å². The molecule has 1 heterocycles. The van der Waals surface area contributed by atoms with Gasteiger partial charge in [-0.25, -0.2) is 0 Å². The topological polar surface area (TPSA) is 69.7 Å². The number of esters is 1. The average Bonchev–Trinajstić information content (AvgIpc) is 2.79. The van der Waals surface area contributed by atoms with Crippen molar-refractivity contribution in [3.05, 3.63) is 35.4 Å². The molecule has 3 atom stereocenters. The minimum Gasteiger partial charge on any atom is -0.436 e. The Hall–Kier alpha value is -2.01. The van der Waals surface area contributed by atoms with E-state index in [9.17, 15) is 14.4 Å². The van der Waals surface area contributed by atoms with Crippen LogP contribution < -0.4 is 0 Å². The van der Waals surface area contributed by atoms with Gasteiger partial charge in [-0.05, 0) is 5.56 Å². The fourth-order valence-electron chi connectivity index (χ4n) is 2.69. The van der Waals surface area contributed by atoms with Crippen LogP contribution in [0.25, 0.3) is 0 Å². The smallest absolute Gasteiger partial charge is 0.304 e. The Balaban J connectivity index is 1.97. The van der Waals surface area contributed by atoms with E-state index in [4.69, 9.17) is 9.47 Å². The van der Waals surface area contributed by atoms with Gasteiger partial charge < -0.3 is 9.47 Å². The fourth-order valence-corrected chi connectivity index (χ4v) is 2.69. The lowest BCUT2D eigenvalue weighted by atomic mass is 9.79. The Morgan fingerprint density at radius 2 is 2.05 bits per heavy atom. The number of rotatable bonds is 1. The third-order valence-corrected chi connectivity index (χ3v) is 3.48. The van der Waals surface area contributed by atoms with E-state index in [1.165, 1.54) is 6.92 Å². The molecule has 5 nitrogen and oxygen atoms in total. The third kappa shape index (κ3) is 1.86. The van der Waals surface area contributed by atoms with Gasteiger partial charge in [-0.2, -0.15) is 0 Å². The number of ketones is 2. The maximum absolute atomic E-state index is 12.0. The Morgan fingerprint density at radius 3 is 2.79 bits per heavy atom. The molecule has 98 valence electrons. The summed E-state index contributed by atoms with van der Waals surface area (Å²) in [5.74, 6) is -1.95. The second-order valence-corrected chi connectivity index (χ2v) is 4.72. The molecule has 1 fully saturated rings. The van der Waals surface area contributed by atoms with Crippen LogP contribution in [0.4, 0.5) is 0 Å². The van der Waals surface area contributed by atoms with Crippen LogP contribution in [0.1, 0.15) is 35.4 Å². The lowest BCUT2D eigenvalue weighted by molar-refractivity contribution is -0.173. The maximum Gasteiger partial charge on any atom is 0.304 e. The Kier molecular flexibility index (Phi) is 2.71. The zero-order chi connectivity index (χ0) is 13.6. The van der Waals surface area contributed by atoms with E-state index >= 15 is 0 Å². The number of Topliss-reactive ketones (excluding diaryl/α,β-unsaturated/α-hetero) is 2. The first-order valence-corrected chi connectivity index (χ1v) is 6.08. The summed E-state index contributed by atoms with van der Waals surface area (Å²) < 4.78 is 10.6. The summed E-state index contributed by atoms with van der Waals surface area (Å²) in [4.78, 5) is 34.9. The van der Waals surface area contributed by atoms with Gasteiger partial charge in [0, 0.05) is 18.9 Å².